The molecule has 0 saturated heterocycles. The predicted octanol–water partition coefficient (Wildman–Crippen LogP) is 14.4. The highest BCUT2D eigenvalue weighted by Gasteiger charge is 2.20. The van der Waals surface area contributed by atoms with Gasteiger partial charge in [0.15, 0.2) is 5.82 Å². The van der Waals surface area contributed by atoms with E-state index in [1.807, 2.05) is 0 Å². The number of aromatic nitrogens is 2. The molecule has 268 valence electrons. The lowest BCUT2D eigenvalue weighted by molar-refractivity contribution is 0.738. The van der Waals surface area contributed by atoms with Crippen LogP contribution in [0.5, 0.6) is 0 Å². The van der Waals surface area contributed by atoms with E-state index in [2.05, 4.69) is 214 Å². The Kier molecular flexibility index (Phi) is 9.61. The van der Waals surface area contributed by atoms with Crippen LogP contribution in [0, 0.1) is 12.8 Å². The third-order valence-electron chi connectivity index (χ3n) is 10.8. The third-order valence-corrected chi connectivity index (χ3v) is 10.8. The van der Waals surface area contributed by atoms with Crippen LogP contribution >= 0.6 is 0 Å². The smallest absolute Gasteiger partial charge is 0.160 e. The fraction of sp³-hybridized carbons (Fsp3) is 0.0741. The van der Waals surface area contributed by atoms with Gasteiger partial charge in [-0.1, -0.05) is 189 Å². The Hall–Kier alpha value is -6.90. The van der Waals surface area contributed by atoms with Gasteiger partial charge in [0.1, 0.15) is 0 Å². The van der Waals surface area contributed by atoms with Crippen molar-refractivity contribution in [2.75, 3.05) is 0 Å². The molecule has 9 rings (SSSR count). The Balaban J connectivity index is 1.18. The van der Waals surface area contributed by atoms with Crippen molar-refractivity contribution in [3.8, 4) is 78.3 Å². The van der Waals surface area contributed by atoms with Gasteiger partial charge in [-0.3, -0.25) is 0 Å². The quantitative estimate of drug-likeness (QED) is 0.156. The summed E-state index contributed by atoms with van der Waals surface area (Å²) in [6, 6.07) is 65.0. The lowest BCUT2D eigenvalue weighted by atomic mass is 9.84. The predicted molar refractivity (Wildman–Crippen MR) is 236 cm³/mol. The lowest BCUT2D eigenvalue weighted by Crippen LogP contribution is -2.04. The minimum Gasteiger partial charge on any atom is -0.228 e. The summed E-state index contributed by atoms with van der Waals surface area (Å²) in [7, 11) is 0. The molecule has 0 amide bonds. The maximum atomic E-state index is 5.31. The normalized spacial score (nSPS) is 13.7. The fourth-order valence-corrected chi connectivity index (χ4v) is 7.82. The van der Waals surface area contributed by atoms with Crippen LogP contribution in [0.3, 0.4) is 0 Å². The fourth-order valence-electron chi connectivity index (χ4n) is 7.82. The summed E-state index contributed by atoms with van der Waals surface area (Å²) in [5.41, 5.74) is 18.1. The molecule has 1 aliphatic rings. The molecule has 0 saturated carbocycles. The Morgan fingerprint density at radius 2 is 0.911 bits per heavy atom. The number of benzene rings is 7. The van der Waals surface area contributed by atoms with Gasteiger partial charge in [-0.25, -0.2) is 9.97 Å². The molecule has 0 N–H and O–H groups in total. The van der Waals surface area contributed by atoms with E-state index in [1.54, 1.807) is 0 Å². The highest BCUT2D eigenvalue weighted by atomic mass is 14.9. The van der Waals surface area contributed by atoms with Gasteiger partial charge in [0.05, 0.1) is 11.4 Å². The molecular weight excluding hydrogens is 677 g/mol. The van der Waals surface area contributed by atoms with Crippen molar-refractivity contribution < 1.29 is 0 Å². The minimum absolute atomic E-state index is 0.515. The number of hydrogen-bond acceptors (Lipinski definition) is 2. The summed E-state index contributed by atoms with van der Waals surface area (Å²) in [5.74, 6) is 1.24. The first-order valence-electron chi connectivity index (χ1n) is 19.5. The lowest BCUT2D eigenvalue weighted by Gasteiger charge is -2.19. The van der Waals surface area contributed by atoms with Gasteiger partial charge >= 0.3 is 0 Å². The second-order valence-electron chi connectivity index (χ2n) is 14.7. The van der Waals surface area contributed by atoms with Gasteiger partial charge in [0.2, 0.25) is 0 Å². The van der Waals surface area contributed by atoms with E-state index >= 15 is 0 Å². The van der Waals surface area contributed by atoms with Crippen LogP contribution in [0.15, 0.2) is 200 Å². The summed E-state index contributed by atoms with van der Waals surface area (Å²) >= 11 is 0. The number of rotatable bonds is 8. The summed E-state index contributed by atoms with van der Waals surface area (Å²) < 4.78 is 0. The van der Waals surface area contributed by atoms with E-state index in [0.29, 0.717) is 5.92 Å². The standard InChI is InChI=1S/C54H42N2/c1-37-26-28-44(29-27-37)52-38(2)53(56-54(55-52)47-25-15-24-46(34-47)39-16-7-3-8-17-39)45-32-30-40(31-33-45)48-35-49(41-18-9-4-10-19-41)51(43-22-13-6-14-23-43)50(36-48)42-20-11-5-12-21-42/h3-26,28-37H,27H2,1-2H3. The zero-order valence-corrected chi connectivity index (χ0v) is 31.7. The summed E-state index contributed by atoms with van der Waals surface area (Å²) in [5, 5.41) is 0. The van der Waals surface area contributed by atoms with E-state index in [-0.39, 0.29) is 0 Å². The van der Waals surface area contributed by atoms with Crippen LogP contribution < -0.4 is 0 Å². The topological polar surface area (TPSA) is 25.8 Å². The van der Waals surface area contributed by atoms with E-state index in [1.165, 1.54) is 44.5 Å². The molecule has 1 aliphatic carbocycles. The highest BCUT2D eigenvalue weighted by molar-refractivity contribution is 5.97. The van der Waals surface area contributed by atoms with Gasteiger partial charge in [-0.15, -0.1) is 0 Å². The van der Waals surface area contributed by atoms with Crippen molar-refractivity contribution in [2.24, 2.45) is 5.92 Å². The molecule has 1 atom stereocenters. The maximum Gasteiger partial charge on any atom is 0.160 e. The number of allylic oxidation sites excluding steroid dienone is 4. The van der Waals surface area contributed by atoms with Crippen molar-refractivity contribution in [2.45, 2.75) is 20.3 Å². The van der Waals surface area contributed by atoms with Crippen LogP contribution in [0.2, 0.25) is 0 Å². The van der Waals surface area contributed by atoms with E-state index in [0.717, 1.165) is 57.0 Å². The second-order valence-corrected chi connectivity index (χ2v) is 14.7. The van der Waals surface area contributed by atoms with Crippen LogP contribution in [0.1, 0.15) is 24.6 Å². The van der Waals surface area contributed by atoms with E-state index in [4.69, 9.17) is 9.97 Å². The zero-order valence-electron chi connectivity index (χ0n) is 31.7. The van der Waals surface area contributed by atoms with Gasteiger partial charge in [0.25, 0.3) is 0 Å². The van der Waals surface area contributed by atoms with Gasteiger partial charge in [-0.2, -0.15) is 0 Å². The molecule has 0 aliphatic heterocycles. The van der Waals surface area contributed by atoms with Crippen LogP contribution in [-0.4, -0.2) is 9.97 Å². The van der Waals surface area contributed by atoms with Gasteiger partial charge in [-0.05, 0) is 98.7 Å². The average Bonchev–Trinajstić information content (AvgIpc) is 3.28. The molecule has 2 nitrogen and oxygen atoms in total. The molecule has 2 heteroatoms. The molecule has 0 spiro atoms. The summed E-state index contributed by atoms with van der Waals surface area (Å²) in [6.07, 6.45) is 7.84. The first-order valence-corrected chi connectivity index (χ1v) is 19.5. The summed E-state index contributed by atoms with van der Waals surface area (Å²) in [4.78, 5) is 10.6. The maximum absolute atomic E-state index is 5.31. The van der Waals surface area contributed by atoms with Crippen molar-refractivity contribution >= 4 is 5.57 Å². The van der Waals surface area contributed by atoms with E-state index < -0.39 is 0 Å². The molecule has 1 aromatic heterocycles. The van der Waals surface area contributed by atoms with Gasteiger partial charge in [0, 0.05) is 16.7 Å². The number of nitrogens with zero attached hydrogens (tertiary/aromatic N) is 2. The Bertz CT molecular complexity index is 2630. The number of hydrogen-bond donors (Lipinski definition) is 0. The average molecular weight is 719 g/mol. The molecule has 7 aromatic carbocycles. The molecule has 0 radical (unpaired) electrons. The molecular formula is C54H42N2. The van der Waals surface area contributed by atoms with E-state index in [9.17, 15) is 0 Å². The Labute approximate surface area is 330 Å². The van der Waals surface area contributed by atoms with Crippen molar-refractivity contribution in [3.05, 3.63) is 211 Å². The van der Waals surface area contributed by atoms with Crippen molar-refractivity contribution in [1.82, 2.24) is 9.97 Å². The summed E-state index contributed by atoms with van der Waals surface area (Å²) in [6.45, 7) is 4.42. The van der Waals surface area contributed by atoms with Crippen LogP contribution in [-0.2, 0) is 0 Å². The first-order chi connectivity index (χ1) is 27.6. The molecule has 0 fully saturated rings. The molecule has 56 heavy (non-hydrogen) atoms. The SMILES string of the molecule is Cc1c(C2=CCC(C)C=C2)nc(-c2cccc(-c3ccccc3)c2)nc1-c1ccc(-c2cc(-c3ccccc3)c(-c3ccccc3)c(-c3ccccc3)c2)cc1. The van der Waals surface area contributed by atoms with Crippen molar-refractivity contribution in [1.29, 1.82) is 0 Å². The second kappa shape index (κ2) is 15.5. The molecule has 0 bridgehead atoms. The van der Waals surface area contributed by atoms with Gasteiger partial charge < -0.3 is 0 Å². The largest absolute Gasteiger partial charge is 0.228 e. The monoisotopic (exact) mass is 718 g/mol. The highest BCUT2D eigenvalue weighted by Crippen LogP contribution is 2.44. The third kappa shape index (κ3) is 7.06. The minimum atomic E-state index is 0.515. The Morgan fingerprint density at radius 1 is 0.429 bits per heavy atom. The Morgan fingerprint density at radius 3 is 1.48 bits per heavy atom. The van der Waals surface area contributed by atoms with Crippen molar-refractivity contribution in [3.63, 3.8) is 0 Å². The first kappa shape index (κ1) is 34.8. The molecule has 1 unspecified atom stereocenters. The molecule has 8 aromatic rings. The van der Waals surface area contributed by atoms with Crippen LogP contribution in [0.4, 0.5) is 0 Å². The molecule has 1 heterocycles. The van der Waals surface area contributed by atoms with Crippen LogP contribution in [0.25, 0.3) is 83.9 Å². The zero-order chi connectivity index (χ0) is 37.8.